The van der Waals surface area contributed by atoms with Crippen LogP contribution in [-0.2, 0) is 10.2 Å². The van der Waals surface area contributed by atoms with E-state index in [4.69, 9.17) is 4.63 Å². The third kappa shape index (κ3) is 5.51. The van der Waals surface area contributed by atoms with Crippen molar-refractivity contribution < 1.29 is 22.6 Å². The Labute approximate surface area is 199 Å². The number of amidine groups is 1. The van der Waals surface area contributed by atoms with Gasteiger partial charge in [0.05, 0.1) is 10.2 Å². The monoisotopic (exact) mass is 545 g/mol. The fraction of sp³-hybridized carbons (Fsp3) is 0.526. The SMILES string of the molecule is O=S(=O)(N1CCCC1)N1CCCC(CNc2nonc2C(=Nc2ccc(F)c(Br)c2)NO)C1. The first-order valence-corrected chi connectivity index (χ1v) is 12.8. The molecule has 11 nitrogen and oxygen atoms in total. The lowest BCUT2D eigenvalue weighted by atomic mass is 10.00. The Morgan fingerprint density at radius 2 is 2.00 bits per heavy atom. The van der Waals surface area contributed by atoms with Crippen LogP contribution in [0.25, 0.3) is 0 Å². The lowest BCUT2D eigenvalue weighted by molar-refractivity contribution is 0.234. The lowest BCUT2D eigenvalue weighted by Crippen LogP contribution is -2.48. The molecule has 2 aliphatic heterocycles. The highest BCUT2D eigenvalue weighted by Gasteiger charge is 2.35. The molecule has 0 saturated carbocycles. The number of rotatable bonds is 7. The molecule has 180 valence electrons. The first-order chi connectivity index (χ1) is 15.9. The van der Waals surface area contributed by atoms with Gasteiger partial charge in [-0.15, -0.1) is 0 Å². The smallest absolute Gasteiger partial charge is 0.281 e. The van der Waals surface area contributed by atoms with E-state index < -0.39 is 16.0 Å². The van der Waals surface area contributed by atoms with Crippen LogP contribution in [0.2, 0.25) is 0 Å². The van der Waals surface area contributed by atoms with E-state index in [-0.39, 0.29) is 27.7 Å². The van der Waals surface area contributed by atoms with E-state index in [2.05, 4.69) is 36.6 Å². The maximum absolute atomic E-state index is 13.5. The minimum absolute atomic E-state index is 0.0425. The summed E-state index contributed by atoms with van der Waals surface area (Å²) in [5, 5.41) is 20.3. The number of benzene rings is 1. The third-order valence-electron chi connectivity index (χ3n) is 5.72. The van der Waals surface area contributed by atoms with Crippen LogP contribution in [0.5, 0.6) is 0 Å². The Balaban J connectivity index is 1.43. The van der Waals surface area contributed by atoms with E-state index in [0.29, 0.717) is 38.4 Å². The second-order valence-corrected chi connectivity index (χ2v) is 10.8. The number of piperidine rings is 1. The largest absolute Gasteiger partial charge is 0.365 e. The van der Waals surface area contributed by atoms with Gasteiger partial charge in [-0.25, -0.2) is 14.0 Å². The van der Waals surface area contributed by atoms with Crippen molar-refractivity contribution in [3.63, 3.8) is 0 Å². The highest BCUT2D eigenvalue weighted by molar-refractivity contribution is 9.10. The molecule has 1 aromatic carbocycles. The average Bonchev–Trinajstić information content (AvgIpc) is 3.51. The summed E-state index contributed by atoms with van der Waals surface area (Å²) < 4.78 is 47.4. The van der Waals surface area contributed by atoms with Crippen molar-refractivity contribution in [1.82, 2.24) is 24.4 Å². The van der Waals surface area contributed by atoms with Crippen molar-refractivity contribution in [2.75, 3.05) is 38.0 Å². The molecule has 0 aliphatic carbocycles. The second-order valence-electron chi connectivity index (χ2n) is 7.99. The number of halogens is 2. The van der Waals surface area contributed by atoms with Crippen molar-refractivity contribution in [2.45, 2.75) is 25.7 Å². The molecule has 4 rings (SSSR count). The summed E-state index contributed by atoms with van der Waals surface area (Å²) in [6, 6.07) is 4.13. The third-order valence-corrected chi connectivity index (χ3v) is 8.33. The summed E-state index contributed by atoms with van der Waals surface area (Å²) >= 11 is 3.09. The van der Waals surface area contributed by atoms with Crippen LogP contribution in [0.15, 0.2) is 32.3 Å². The zero-order valence-corrected chi connectivity index (χ0v) is 20.1. The van der Waals surface area contributed by atoms with Crippen LogP contribution < -0.4 is 10.8 Å². The van der Waals surface area contributed by atoms with E-state index in [1.807, 2.05) is 5.48 Å². The summed E-state index contributed by atoms with van der Waals surface area (Å²) in [4.78, 5) is 4.23. The van der Waals surface area contributed by atoms with Gasteiger partial charge in [-0.1, -0.05) is 0 Å². The van der Waals surface area contributed by atoms with Gasteiger partial charge in [-0.2, -0.15) is 17.0 Å². The van der Waals surface area contributed by atoms with E-state index in [0.717, 1.165) is 25.7 Å². The predicted octanol–water partition coefficient (Wildman–Crippen LogP) is 2.49. The van der Waals surface area contributed by atoms with Gasteiger partial charge < -0.3 is 5.32 Å². The van der Waals surface area contributed by atoms with Gasteiger partial charge in [0.25, 0.3) is 10.2 Å². The number of hydroxylamine groups is 1. The summed E-state index contributed by atoms with van der Waals surface area (Å²) in [6.07, 6.45) is 3.44. The molecule has 1 unspecified atom stereocenters. The molecule has 2 fully saturated rings. The molecule has 3 N–H and O–H groups in total. The van der Waals surface area contributed by atoms with Gasteiger partial charge in [0, 0.05) is 32.7 Å². The maximum Gasteiger partial charge on any atom is 0.281 e. The summed E-state index contributed by atoms with van der Waals surface area (Å²) in [5.41, 5.74) is 2.47. The quantitative estimate of drug-likeness (QED) is 0.274. The molecule has 1 atom stereocenters. The number of aliphatic imine (C=N–C) groups is 1. The second kappa shape index (κ2) is 10.4. The van der Waals surface area contributed by atoms with E-state index in [1.54, 1.807) is 8.61 Å². The summed E-state index contributed by atoms with van der Waals surface area (Å²) in [7, 11) is -3.43. The summed E-state index contributed by atoms with van der Waals surface area (Å²) in [5.74, 6) is -0.169. The standard InChI is InChI=1S/C19H25BrFN7O4S/c20-15-10-14(5-6-16(15)21)23-19(24-29)17-18(26-32-25-17)22-11-13-4-3-9-28(12-13)33(30,31)27-7-1-2-8-27/h5-6,10,13,29H,1-4,7-9,11-12H2,(H,22,26)(H,23,24). The molecule has 2 saturated heterocycles. The summed E-state index contributed by atoms with van der Waals surface area (Å²) in [6.45, 7) is 2.53. The van der Waals surface area contributed by atoms with Crippen LogP contribution >= 0.6 is 15.9 Å². The van der Waals surface area contributed by atoms with Crippen LogP contribution in [-0.4, -0.2) is 71.1 Å². The van der Waals surface area contributed by atoms with Crippen molar-refractivity contribution in [1.29, 1.82) is 0 Å². The van der Waals surface area contributed by atoms with Crippen molar-refractivity contribution in [3.8, 4) is 0 Å². The number of aromatic nitrogens is 2. The van der Waals surface area contributed by atoms with Gasteiger partial charge in [-0.05, 0) is 76.0 Å². The molecule has 1 aromatic heterocycles. The Morgan fingerprint density at radius 3 is 2.73 bits per heavy atom. The van der Waals surface area contributed by atoms with E-state index >= 15 is 0 Å². The molecule has 2 aromatic rings. The van der Waals surface area contributed by atoms with Crippen molar-refractivity contribution >= 4 is 43.5 Å². The fourth-order valence-electron chi connectivity index (χ4n) is 4.00. The molecule has 3 heterocycles. The lowest BCUT2D eigenvalue weighted by Gasteiger charge is -2.34. The predicted molar refractivity (Wildman–Crippen MR) is 122 cm³/mol. The van der Waals surface area contributed by atoms with Crippen LogP contribution in [0, 0.1) is 11.7 Å². The Bertz CT molecular complexity index is 1110. The Kier molecular flexibility index (Phi) is 7.58. The molecule has 33 heavy (non-hydrogen) atoms. The average molecular weight is 546 g/mol. The topological polar surface area (TPSA) is 136 Å². The minimum atomic E-state index is -3.43. The fourth-order valence-corrected chi connectivity index (χ4v) is 6.17. The number of hydrogen-bond donors (Lipinski definition) is 3. The maximum atomic E-state index is 13.5. The number of hydrogen-bond acceptors (Lipinski definition) is 8. The first-order valence-electron chi connectivity index (χ1n) is 10.6. The number of anilines is 1. The van der Waals surface area contributed by atoms with E-state index in [1.165, 1.54) is 18.2 Å². The van der Waals surface area contributed by atoms with Gasteiger partial charge >= 0.3 is 0 Å². The minimum Gasteiger partial charge on any atom is -0.365 e. The molecule has 0 spiro atoms. The van der Waals surface area contributed by atoms with E-state index in [9.17, 15) is 18.0 Å². The molecule has 0 radical (unpaired) electrons. The Morgan fingerprint density at radius 1 is 1.24 bits per heavy atom. The molecule has 2 aliphatic rings. The number of nitrogens with zero attached hydrogens (tertiary/aromatic N) is 5. The zero-order chi connectivity index (χ0) is 23.4. The highest BCUT2D eigenvalue weighted by Crippen LogP contribution is 2.25. The molecule has 0 amide bonds. The first kappa shape index (κ1) is 24.0. The van der Waals surface area contributed by atoms with Gasteiger partial charge in [0.15, 0.2) is 11.5 Å². The Hall–Kier alpha value is -2.13. The van der Waals surface area contributed by atoms with Gasteiger partial charge in [0.2, 0.25) is 5.82 Å². The number of nitrogens with one attached hydrogen (secondary N) is 2. The van der Waals surface area contributed by atoms with Crippen molar-refractivity contribution in [3.05, 3.63) is 34.2 Å². The molecular formula is C19H25BrFN7O4S. The van der Waals surface area contributed by atoms with Crippen LogP contribution in [0.3, 0.4) is 0 Å². The van der Waals surface area contributed by atoms with Crippen LogP contribution in [0.4, 0.5) is 15.9 Å². The molecule has 14 heteroatoms. The zero-order valence-electron chi connectivity index (χ0n) is 17.7. The highest BCUT2D eigenvalue weighted by atomic mass is 79.9. The normalized spacial score (nSPS) is 20.8. The molecular weight excluding hydrogens is 521 g/mol. The molecule has 0 bridgehead atoms. The van der Waals surface area contributed by atoms with Gasteiger partial charge in [-0.3, -0.25) is 10.7 Å². The van der Waals surface area contributed by atoms with Gasteiger partial charge in [0.1, 0.15) is 5.82 Å². The van der Waals surface area contributed by atoms with Crippen LogP contribution in [0.1, 0.15) is 31.4 Å². The van der Waals surface area contributed by atoms with Crippen molar-refractivity contribution in [2.24, 2.45) is 10.9 Å².